The first-order chi connectivity index (χ1) is 17.2. The van der Waals surface area contributed by atoms with Gasteiger partial charge in [-0.2, -0.15) is 0 Å². The van der Waals surface area contributed by atoms with Crippen molar-refractivity contribution in [3.05, 3.63) is 47.5 Å². The number of carbonyl (C=O) groups is 1. The maximum Gasteiger partial charge on any atom is 0.150 e. The first-order valence-electron chi connectivity index (χ1n) is 12.9. The molecule has 0 radical (unpaired) electrons. The Morgan fingerprint density at radius 2 is 1.14 bits per heavy atom. The van der Waals surface area contributed by atoms with Crippen molar-refractivity contribution in [3.8, 4) is 23.0 Å². The molecule has 2 saturated carbocycles. The van der Waals surface area contributed by atoms with Gasteiger partial charge in [-0.1, -0.05) is 12.8 Å². The molecule has 192 valence electrons. The van der Waals surface area contributed by atoms with E-state index in [9.17, 15) is 25.2 Å². The lowest BCUT2D eigenvalue weighted by atomic mass is 9.74. The van der Waals surface area contributed by atoms with Crippen molar-refractivity contribution in [1.29, 1.82) is 0 Å². The second-order valence-electron chi connectivity index (χ2n) is 10.1. The second kappa shape index (κ2) is 11.1. The summed E-state index contributed by atoms with van der Waals surface area (Å²) in [4.78, 5) is 23.7. The summed E-state index contributed by atoms with van der Waals surface area (Å²) in [7, 11) is 0. The van der Waals surface area contributed by atoms with Crippen LogP contribution in [0.5, 0.6) is 23.0 Å². The van der Waals surface area contributed by atoms with Crippen LogP contribution < -0.4 is 0 Å². The topological polar surface area (TPSA) is 123 Å². The van der Waals surface area contributed by atoms with Crippen LogP contribution in [-0.4, -0.2) is 37.6 Å². The monoisotopic (exact) mass is 492 g/mol. The highest BCUT2D eigenvalue weighted by Crippen LogP contribution is 2.36. The minimum Gasteiger partial charge on any atom is -0.508 e. The van der Waals surface area contributed by atoms with Gasteiger partial charge in [-0.3, -0.25) is 14.8 Å². The van der Waals surface area contributed by atoms with E-state index < -0.39 is 0 Å². The number of carbonyl (C=O) groups excluding carboxylic acids is 1. The normalized spacial score (nSPS) is 24.5. The van der Waals surface area contributed by atoms with Crippen LogP contribution in [0.25, 0.3) is 0 Å². The van der Waals surface area contributed by atoms with Gasteiger partial charge in [0.25, 0.3) is 0 Å². The third kappa shape index (κ3) is 5.72. The molecule has 36 heavy (non-hydrogen) atoms. The SMILES string of the molecule is CC(N=C1CCCCC1C(=O)C1CCCCC1=NC(C)c1ccc(O)cc1O)c1ccc(O)cc1O. The van der Waals surface area contributed by atoms with E-state index in [1.807, 2.05) is 13.8 Å². The van der Waals surface area contributed by atoms with Crippen molar-refractivity contribution in [1.82, 2.24) is 0 Å². The molecule has 7 nitrogen and oxygen atoms in total. The maximum atomic E-state index is 13.9. The molecule has 2 aromatic carbocycles. The number of hydrogen-bond donors (Lipinski definition) is 4. The van der Waals surface area contributed by atoms with Crippen molar-refractivity contribution in [2.75, 3.05) is 0 Å². The van der Waals surface area contributed by atoms with E-state index in [4.69, 9.17) is 9.98 Å². The van der Waals surface area contributed by atoms with Gasteiger partial charge in [0.05, 0.1) is 23.9 Å². The summed E-state index contributed by atoms with van der Waals surface area (Å²) in [6, 6.07) is 8.38. The van der Waals surface area contributed by atoms with Gasteiger partial charge >= 0.3 is 0 Å². The fourth-order valence-electron chi connectivity index (χ4n) is 5.56. The van der Waals surface area contributed by atoms with Crippen molar-refractivity contribution in [3.63, 3.8) is 0 Å². The fraction of sp³-hybridized carbons (Fsp3) is 0.483. The summed E-state index contributed by atoms with van der Waals surface area (Å²) in [5.41, 5.74) is 3.03. The van der Waals surface area contributed by atoms with Crippen LogP contribution in [0.3, 0.4) is 0 Å². The van der Waals surface area contributed by atoms with Crippen molar-refractivity contribution in [2.24, 2.45) is 21.8 Å². The Balaban J connectivity index is 1.58. The van der Waals surface area contributed by atoms with Gasteiger partial charge in [0.2, 0.25) is 0 Å². The highest BCUT2D eigenvalue weighted by atomic mass is 16.3. The molecule has 7 heteroatoms. The Labute approximate surface area is 212 Å². The maximum absolute atomic E-state index is 13.9. The zero-order chi connectivity index (χ0) is 25.8. The molecule has 2 aromatic rings. The first-order valence-corrected chi connectivity index (χ1v) is 12.9. The van der Waals surface area contributed by atoms with Crippen LogP contribution in [0.15, 0.2) is 46.4 Å². The minimum absolute atomic E-state index is 0.000731. The summed E-state index contributed by atoms with van der Waals surface area (Å²) >= 11 is 0. The number of nitrogens with zero attached hydrogens (tertiary/aromatic N) is 2. The molecule has 4 N–H and O–H groups in total. The molecule has 4 atom stereocenters. The van der Waals surface area contributed by atoms with E-state index in [1.165, 1.54) is 24.3 Å². The Kier molecular flexibility index (Phi) is 7.97. The number of phenolic OH excluding ortho intramolecular Hbond substituents is 4. The lowest BCUT2D eigenvalue weighted by Gasteiger charge is -2.31. The molecule has 4 unspecified atom stereocenters. The molecule has 0 saturated heterocycles. The summed E-state index contributed by atoms with van der Waals surface area (Å²) in [6.07, 6.45) is 6.98. The predicted molar refractivity (Wildman–Crippen MR) is 140 cm³/mol. The minimum atomic E-state index is -0.328. The zero-order valence-corrected chi connectivity index (χ0v) is 21.0. The van der Waals surface area contributed by atoms with Crippen LogP contribution in [0.4, 0.5) is 0 Å². The first kappa shape index (κ1) is 25.7. The predicted octanol–water partition coefficient (Wildman–Crippen LogP) is 6.16. The number of rotatable bonds is 6. The molecular weight excluding hydrogens is 456 g/mol. The van der Waals surface area contributed by atoms with Gasteiger partial charge in [-0.05, 0) is 76.6 Å². The smallest absolute Gasteiger partial charge is 0.150 e. The third-order valence-electron chi connectivity index (χ3n) is 7.49. The number of aromatic hydroxyl groups is 4. The van der Waals surface area contributed by atoms with Crippen LogP contribution in [0.2, 0.25) is 0 Å². The van der Waals surface area contributed by atoms with Gasteiger partial charge in [0.1, 0.15) is 28.8 Å². The fourth-order valence-corrected chi connectivity index (χ4v) is 5.56. The molecule has 4 rings (SSSR count). The molecule has 2 aliphatic carbocycles. The number of hydrogen-bond acceptors (Lipinski definition) is 7. The van der Waals surface area contributed by atoms with Gasteiger partial charge in [-0.25, -0.2) is 0 Å². The summed E-state index contributed by atoms with van der Waals surface area (Å²) in [6.45, 7) is 3.79. The molecule has 0 heterocycles. The Hall–Kier alpha value is -3.35. The van der Waals surface area contributed by atoms with E-state index in [2.05, 4.69) is 0 Å². The van der Waals surface area contributed by atoms with Crippen molar-refractivity contribution < 1.29 is 25.2 Å². The highest BCUT2D eigenvalue weighted by Gasteiger charge is 2.36. The molecule has 0 aliphatic heterocycles. The van der Waals surface area contributed by atoms with E-state index in [0.29, 0.717) is 11.1 Å². The zero-order valence-electron chi connectivity index (χ0n) is 21.0. The van der Waals surface area contributed by atoms with E-state index in [0.717, 1.165) is 62.8 Å². The Morgan fingerprint density at radius 3 is 1.53 bits per heavy atom. The van der Waals surface area contributed by atoms with E-state index >= 15 is 0 Å². The molecule has 2 aliphatic rings. The van der Waals surface area contributed by atoms with Gasteiger partial charge in [-0.15, -0.1) is 0 Å². The summed E-state index contributed by atoms with van der Waals surface area (Å²) < 4.78 is 0. The number of benzene rings is 2. The van der Waals surface area contributed by atoms with Gasteiger partial charge in [0.15, 0.2) is 0 Å². The van der Waals surface area contributed by atoms with Crippen LogP contribution in [0, 0.1) is 11.8 Å². The summed E-state index contributed by atoms with van der Waals surface area (Å²) in [5, 5.41) is 39.8. The average molecular weight is 493 g/mol. The number of ketones is 1. The van der Waals surface area contributed by atoms with E-state index in [-0.39, 0.29) is 52.7 Å². The number of phenols is 4. The molecule has 2 fully saturated rings. The lowest BCUT2D eigenvalue weighted by Crippen LogP contribution is -2.37. The number of aliphatic imine (C=N–C) groups is 2. The quantitative estimate of drug-likeness (QED) is 0.384. The largest absolute Gasteiger partial charge is 0.508 e. The van der Waals surface area contributed by atoms with Crippen LogP contribution >= 0.6 is 0 Å². The summed E-state index contributed by atoms with van der Waals surface area (Å²) in [5.74, 6) is -0.340. The molecule has 0 bridgehead atoms. The highest BCUT2D eigenvalue weighted by molar-refractivity contribution is 6.14. The molecule has 0 aromatic heterocycles. The Bertz CT molecular complexity index is 1080. The Morgan fingerprint density at radius 1 is 0.722 bits per heavy atom. The lowest BCUT2D eigenvalue weighted by molar-refractivity contribution is -0.123. The molecule has 0 spiro atoms. The van der Waals surface area contributed by atoms with Crippen LogP contribution in [0.1, 0.15) is 88.4 Å². The third-order valence-corrected chi connectivity index (χ3v) is 7.49. The standard InChI is InChI=1S/C29H36N2O5/c1-17(21-13-11-19(32)15-27(21)34)30-25-9-5-3-7-23(25)29(36)24-8-4-6-10-26(24)31-18(2)22-14-12-20(33)16-28(22)35/h11-18,23-24,32-35H,3-10H2,1-2H3. The van der Waals surface area contributed by atoms with E-state index in [1.54, 1.807) is 12.1 Å². The van der Waals surface area contributed by atoms with Crippen LogP contribution in [-0.2, 0) is 4.79 Å². The number of Topliss-reactive ketones (excluding diaryl/α,β-unsaturated/α-hetero) is 1. The van der Waals surface area contributed by atoms with Crippen molar-refractivity contribution >= 4 is 17.2 Å². The van der Waals surface area contributed by atoms with Gasteiger partial charge in [0, 0.05) is 34.7 Å². The molecular formula is C29H36N2O5. The second-order valence-corrected chi connectivity index (χ2v) is 10.1. The molecule has 0 amide bonds. The van der Waals surface area contributed by atoms with Gasteiger partial charge < -0.3 is 20.4 Å². The average Bonchev–Trinajstić information content (AvgIpc) is 2.84. The van der Waals surface area contributed by atoms with Crippen molar-refractivity contribution in [2.45, 2.75) is 77.3 Å².